The number of ether oxygens (including phenoxy) is 1. The van der Waals surface area contributed by atoms with Crippen LogP contribution in [0, 0.1) is 0 Å². The molecule has 0 saturated carbocycles. The van der Waals surface area contributed by atoms with Crippen molar-refractivity contribution in [3.05, 3.63) is 76.8 Å². The highest BCUT2D eigenvalue weighted by Gasteiger charge is 2.52. The van der Waals surface area contributed by atoms with Crippen LogP contribution in [0.25, 0.3) is 6.08 Å². The van der Waals surface area contributed by atoms with Crippen LogP contribution in [0.2, 0.25) is 0 Å². The van der Waals surface area contributed by atoms with Gasteiger partial charge in [-0.05, 0) is 44.3 Å². The summed E-state index contributed by atoms with van der Waals surface area (Å²) >= 11 is 0. The van der Waals surface area contributed by atoms with Gasteiger partial charge in [-0.15, -0.1) is 0 Å². The molecule has 170 valence electrons. The van der Waals surface area contributed by atoms with Crippen molar-refractivity contribution >= 4 is 19.3 Å². The minimum absolute atomic E-state index is 0.0159. The van der Waals surface area contributed by atoms with E-state index in [1.54, 1.807) is 24.3 Å². The standard InChI is InChI=1S/C24H28BF2NO4/c1-23(2)24(3,4)32-25(31-23)19(14-18-12-8-9-13-20(18)21(26)27)15-28-22(29)30-16-17-10-6-5-7-11-17/h5-14,21H,15-16H2,1-4H3,(H,28,29). The first kappa shape index (κ1) is 23.9. The zero-order chi connectivity index (χ0) is 23.4. The van der Waals surface area contributed by atoms with Crippen LogP contribution in [0.1, 0.15) is 50.8 Å². The molecular formula is C24H28BF2NO4. The summed E-state index contributed by atoms with van der Waals surface area (Å²) in [6, 6.07) is 15.5. The fraction of sp³-hybridized carbons (Fsp3) is 0.375. The number of carbonyl (C=O) groups is 1. The van der Waals surface area contributed by atoms with E-state index in [1.165, 1.54) is 6.07 Å². The number of rotatable bonds is 7. The fourth-order valence-corrected chi connectivity index (χ4v) is 3.19. The molecule has 1 amide bonds. The van der Waals surface area contributed by atoms with Crippen molar-refractivity contribution in [1.82, 2.24) is 5.32 Å². The largest absolute Gasteiger partial charge is 0.492 e. The number of hydrogen-bond acceptors (Lipinski definition) is 4. The summed E-state index contributed by atoms with van der Waals surface area (Å²) in [5.74, 6) is 0. The first-order valence-corrected chi connectivity index (χ1v) is 10.5. The summed E-state index contributed by atoms with van der Waals surface area (Å²) in [7, 11) is -0.805. The smallest absolute Gasteiger partial charge is 0.445 e. The molecule has 0 atom stereocenters. The monoisotopic (exact) mass is 443 g/mol. The van der Waals surface area contributed by atoms with Crippen molar-refractivity contribution < 1.29 is 27.6 Å². The third-order valence-corrected chi connectivity index (χ3v) is 5.78. The molecule has 1 aliphatic heterocycles. The van der Waals surface area contributed by atoms with Gasteiger partial charge in [-0.25, -0.2) is 13.6 Å². The van der Waals surface area contributed by atoms with Crippen LogP contribution in [0.15, 0.2) is 60.1 Å². The van der Waals surface area contributed by atoms with Gasteiger partial charge < -0.3 is 19.4 Å². The lowest BCUT2D eigenvalue weighted by Gasteiger charge is -2.32. The molecule has 0 aliphatic carbocycles. The third-order valence-electron chi connectivity index (χ3n) is 5.78. The molecule has 2 aromatic carbocycles. The van der Waals surface area contributed by atoms with Crippen LogP contribution in [0.5, 0.6) is 0 Å². The lowest BCUT2D eigenvalue weighted by atomic mass is 9.76. The zero-order valence-electron chi connectivity index (χ0n) is 18.7. The van der Waals surface area contributed by atoms with Gasteiger partial charge in [0.2, 0.25) is 0 Å². The number of carbonyl (C=O) groups excluding carboxylic acids is 1. The highest BCUT2D eigenvalue weighted by Crippen LogP contribution is 2.39. The molecule has 1 aliphatic rings. The summed E-state index contributed by atoms with van der Waals surface area (Å²) in [6.07, 6.45) is -1.68. The van der Waals surface area contributed by atoms with Crippen LogP contribution in [0.3, 0.4) is 0 Å². The van der Waals surface area contributed by atoms with E-state index < -0.39 is 30.8 Å². The molecule has 0 unspecified atom stereocenters. The Bertz CT molecular complexity index is 947. The van der Waals surface area contributed by atoms with Gasteiger partial charge in [0.25, 0.3) is 6.43 Å². The van der Waals surface area contributed by atoms with E-state index in [4.69, 9.17) is 14.0 Å². The molecule has 0 aromatic heterocycles. The van der Waals surface area contributed by atoms with Crippen molar-refractivity contribution in [2.45, 2.75) is 51.9 Å². The quantitative estimate of drug-likeness (QED) is 0.569. The Labute approximate surface area is 187 Å². The van der Waals surface area contributed by atoms with E-state index in [1.807, 2.05) is 58.0 Å². The molecule has 1 saturated heterocycles. The van der Waals surface area contributed by atoms with E-state index in [2.05, 4.69) is 5.32 Å². The van der Waals surface area contributed by atoms with Crippen LogP contribution < -0.4 is 5.32 Å². The average molecular weight is 443 g/mol. The molecule has 1 N–H and O–H groups in total. The first-order valence-electron chi connectivity index (χ1n) is 10.5. The molecule has 8 heteroatoms. The second kappa shape index (κ2) is 9.84. The average Bonchev–Trinajstić information content (AvgIpc) is 2.97. The van der Waals surface area contributed by atoms with Gasteiger partial charge >= 0.3 is 13.2 Å². The molecule has 0 radical (unpaired) electrons. The van der Waals surface area contributed by atoms with Gasteiger partial charge in [0.05, 0.1) is 11.2 Å². The van der Waals surface area contributed by atoms with Crippen LogP contribution in [-0.2, 0) is 20.7 Å². The molecule has 5 nitrogen and oxygen atoms in total. The zero-order valence-corrected chi connectivity index (χ0v) is 18.7. The molecule has 0 bridgehead atoms. The number of alkyl halides is 2. The van der Waals surface area contributed by atoms with Gasteiger partial charge in [-0.3, -0.25) is 0 Å². The van der Waals surface area contributed by atoms with E-state index in [0.717, 1.165) is 5.56 Å². The van der Waals surface area contributed by atoms with Gasteiger partial charge in [0.1, 0.15) is 6.61 Å². The van der Waals surface area contributed by atoms with Crippen molar-refractivity contribution in [3.63, 3.8) is 0 Å². The predicted molar refractivity (Wildman–Crippen MR) is 120 cm³/mol. The third kappa shape index (κ3) is 5.75. The Morgan fingerprint density at radius 1 is 1.03 bits per heavy atom. The summed E-state index contributed by atoms with van der Waals surface area (Å²) in [5.41, 5.74) is 0.364. The summed E-state index contributed by atoms with van der Waals surface area (Å²) in [5, 5.41) is 2.68. The van der Waals surface area contributed by atoms with Gasteiger partial charge in [-0.2, -0.15) is 0 Å². The molecule has 1 fully saturated rings. The topological polar surface area (TPSA) is 56.8 Å². The van der Waals surface area contributed by atoms with Gasteiger partial charge in [0.15, 0.2) is 0 Å². The molecule has 1 heterocycles. The molecule has 0 spiro atoms. The highest BCUT2D eigenvalue weighted by atomic mass is 19.3. The lowest BCUT2D eigenvalue weighted by molar-refractivity contribution is 0.00578. The van der Waals surface area contributed by atoms with Crippen molar-refractivity contribution in [2.24, 2.45) is 0 Å². The molecule has 3 rings (SSSR count). The van der Waals surface area contributed by atoms with Crippen molar-refractivity contribution in [2.75, 3.05) is 6.54 Å². The van der Waals surface area contributed by atoms with Crippen LogP contribution in [0.4, 0.5) is 13.6 Å². The maximum Gasteiger partial charge on any atom is 0.492 e. The number of benzene rings is 2. The number of amides is 1. The Balaban J connectivity index is 1.78. The minimum atomic E-state index is -2.63. The Hall–Kier alpha value is -2.71. The second-order valence-corrected chi connectivity index (χ2v) is 8.65. The Morgan fingerprint density at radius 2 is 1.62 bits per heavy atom. The Morgan fingerprint density at radius 3 is 2.25 bits per heavy atom. The van der Waals surface area contributed by atoms with E-state index in [9.17, 15) is 13.6 Å². The SMILES string of the molecule is CC1(C)OB(C(=Cc2ccccc2C(F)F)CNC(=O)OCc2ccccc2)OC1(C)C. The number of hydrogen-bond donors (Lipinski definition) is 1. The van der Waals surface area contributed by atoms with E-state index >= 15 is 0 Å². The predicted octanol–water partition coefficient (Wildman–Crippen LogP) is 5.57. The van der Waals surface area contributed by atoms with Gasteiger partial charge in [0, 0.05) is 12.1 Å². The Kier molecular flexibility index (Phi) is 7.36. The molecule has 2 aromatic rings. The van der Waals surface area contributed by atoms with E-state index in [-0.39, 0.29) is 18.7 Å². The number of alkyl carbamates (subject to hydrolysis) is 1. The fourth-order valence-electron chi connectivity index (χ4n) is 3.19. The van der Waals surface area contributed by atoms with E-state index in [0.29, 0.717) is 11.0 Å². The minimum Gasteiger partial charge on any atom is -0.445 e. The van der Waals surface area contributed by atoms with Crippen molar-refractivity contribution in [3.8, 4) is 0 Å². The maximum atomic E-state index is 13.5. The van der Waals surface area contributed by atoms with Crippen LogP contribution in [-0.4, -0.2) is 31.0 Å². The summed E-state index contributed by atoms with van der Waals surface area (Å²) in [6.45, 7) is 7.75. The summed E-state index contributed by atoms with van der Waals surface area (Å²) < 4.78 is 44.4. The van der Waals surface area contributed by atoms with Gasteiger partial charge in [-0.1, -0.05) is 60.7 Å². The normalized spacial score (nSPS) is 17.5. The lowest BCUT2D eigenvalue weighted by Crippen LogP contribution is -2.41. The van der Waals surface area contributed by atoms with Crippen LogP contribution >= 0.6 is 0 Å². The molecular weight excluding hydrogens is 415 g/mol. The highest BCUT2D eigenvalue weighted by molar-refractivity contribution is 6.56. The van der Waals surface area contributed by atoms with Crippen molar-refractivity contribution in [1.29, 1.82) is 0 Å². The first-order chi connectivity index (χ1) is 15.1. The summed E-state index contributed by atoms with van der Waals surface area (Å²) in [4.78, 5) is 12.3. The number of nitrogens with one attached hydrogen (secondary N) is 1. The molecule has 32 heavy (non-hydrogen) atoms. The second-order valence-electron chi connectivity index (χ2n) is 8.65. The number of halogens is 2. The maximum absolute atomic E-state index is 13.5.